The van der Waals surface area contributed by atoms with E-state index in [9.17, 15) is 9.59 Å². The number of nitrogens with one attached hydrogen (secondary N) is 2. The number of anilines is 1. The van der Waals surface area contributed by atoms with Crippen LogP contribution < -0.4 is 14.8 Å². The molecule has 7 nitrogen and oxygen atoms in total. The number of aromatic amines is 1. The summed E-state index contributed by atoms with van der Waals surface area (Å²) in [4.78, 5) is 30.8. The summed E-state index contributed by atoms with van der Waals surface area (Å²) in [5, 5.41) is 3.88. The van der Waals surface area contributed by atoms with Crippen molar-refractivity contribution < 1.29 is 19.1 Å². The molecular formula is C25H29N3O4. The summed E-state index contributed by atoms with van der Waals surface area (Å²) in [6.45, 7) is 1.43. The molecule has 0 bridgehead atoms. The lowest BCUT2D eigenvalue weighted by molar-refractivity contribution is -0.116. The molecule has 0 radical (unpaired) electrons. The number of fused-ring (bicyclic) bond motifs is 1. The number of benzene rings is 2. The molecule has 2 amide bonds. The van der Waals surface area contributed by atoms with E-state index in [2.05, 4.69) is 10.3 Å². The lowest BCUT2D eigenvalue weighted by Crippen LogP contribution is -2.40. The number of H-pyrrole nitrogens is 1. The van der Waals surface area contributed by atoms with E-state index in [-0.39, 0.29) is 11.8 Å². The summed E-state index contributed by atoms with van der Waals surface area (Å²) >= 11 is 0. The highest BCUT2D eigenvalue weighted by molar-refractivity contribution is 6.06. The molecule has 32 heavy (non-hydrogen) atoms. The molecule has 2 N–H and O–H groups in total. The van der Waals surface area contributed by atoms with Crippen LogP contribution in [0.3, 0.4) is 0 Å². The van der Waals surface area contributed by atoms with Gasteiger partial charge in [-0.05, 0) is 31.2 Å². The lowest BCUT2D eigenvalue weighted by Gasteiger charge is -2.32. The average Bonchev–Trinajstić information content (AvgIpc) is 3.26. The first-order valence-corrected chi connectivity index (χ1v) is 11.0. The molecule has 1 atom stereocenters. The number of methoxy groups -OCH3 is 2. The Labute approximate surface area is 187 Å². The van der Waals surface area contributed by atoms with Gasteiger partial charge in [-0.1, -0.05) is 18.2 Å². The van der Waals surface area contributed by atoms with E-state index in [1.54, 1.807) is 38.6 Å². The van der Waals surface area contributed by atoms with Crippen molar-refractivity contribution in [3.05, 3.63) is 54.2 Å². The second-order valence-corrected chi connectivity index (χ2v) is 8.20. The van der Waals surface area contributed by atoms with Crippen LogP contribution in [0.5, 0.6) is 11.5 Å². The van der Waals surface area contributed by atoms with Gasteiger partial charge in [-0.2, -0.15) is 0 Å². The maximum Gasteiger partial charge on any atom is 0.256 e. The minimum absolute atomic E-state index is 0.0552. The number of nitrogens with zero attached hydrogens (tertiary/aromatic N) is 1. The number of aromatic nitrogens is 1. The predicted octanol–water partition coefficient (Wildman–Crippen LogP) is 4.46. The monoisotopic (exact) mass is 435 g/mol. The molecule has 1 aliphatic heterocycles. The smallest absolute Gasteiger partial charge is 0.256 e. The van der Waals surface area contributed by atoms with Gasteiger partial charge in [-0.3, -0.25) is 9.59 Å². The molecule has 0 unspecified atom stereocenters. The van der Waals surface area contributed by atoms with Gasteiger partial charge >= 0.3 is 0 Å². The minimum Gasteiger partial charge on any atom is -0.497 e. The number of piperidine rings is 1. The Morgan fingerprint density at radius 1 is 1.12 bits per heavy atom. The van der Waals surface area contributed by atoms with Gasteiger partial charge in [-0.15, -0.1) is 0 Å². The zero-order valence-corrected chi connectivity index (χ0v) is 18.5. The summed E-state index contributed by atoms with van der Waals surface area (Å²) in [5.41, 5.74) is 2.33. The number of carbonyl (C=O) groups excluding carboxylic acids is 2. The molecule has 2 aromatic carbocycles. The van der Waals surface area contributed by atoms with Gasteiger partial charge in [-0.25, -0.2) is 0 Å². The van der Waals surface area contributed by atoms with Crippen LogP contribution in [0.1, 0.15) is 36.0 Å². The highest BCUT2D eigenvalue weighted by Crippen LogP contribution is 2.27. The summed E-state index contributed by atoms with van der Waals surface area (Å²) in [6.07, 6.45) is 4.92. The Balaban J connectivity index is 1.33. The molecule has 0 aliphatic carbocycles. The van der Waals surface area contributed by atoms with E-state index in [1.807, 2.05) is 29.2 Å². The zero-order valence-electron chi connectivity index (χ0n) is 18.5. The normalized spacial score (nSPS) is 16.1. The predicted molar refractivity (Wildman–Crippen MR) is 124 cm³/mol. The highest BCUT2D eigenvalue weighted by atomic mass is 16.5. The van der Waals surface area contributed by atoms with E-state index in [1.165, 1.54) is 0 Å². The zero-order chi connectivity index (χ0) is 22.5. The molecule has 0 spiro atoms. The molecular weight excluding hydrogens is 406 g/mol. The molecule has 1 saturated heterocycles. The third kappa shape index (κ3) is 4.88. The largest absolute Gasteiger partial charge is 0.497 e. The second-order valence-electron chi connectivity index (χ2n) is 8.20. The maximum atomic E-state index is 13.1. The molecule has 0 saturated carbocycles. The summed E-state index contributed by atoms with van der Waals surface area (Å²) in [7, 11) is 3.15. The first-order chi connectivity index (χ1) is 15.6. The van der Waals surface area contributed by atoms with E-state index < -0.39 is 0 Å². The van der Waals surface area contributed by atoms with Crippen molar-refractivity contribution >= 4 is 28.4 Å². The summed E-state index contributed by atoms with van der Waals surface area (Å²) < 4.78 is 10.5. The third-order valence-electron chi connectivity index (χ3n) is 6.04. The van der Waals surface area contributed by atoms with E-state index >= 15 is 0 Å². The summed E-state index contributed by atoms with van der Waals surface area (Å²) in [5.74, 6) is 1.56. The lowest BCUT2D eigenvalue weighted by atomic mass is 9.92. The molecule has 7 heteroatoms. The minimum atomic E-state index is -0.0552. The van der Waals surface area contributed by atoms with Crippen molar-refractivity contribution in [1.82, 2.24) is 9.88 Å². The Bertz CT molecular complexity index is 1090. The van der Waals surface area contributed by atoms with Crippen molar-refractivity contribution in [3.63, 3.8) is 0 Å². The molecule has 4 rings (SSSR count). The van der Waals surface area contributed by atoms with Gasteiger partial charge in [0.05, 0.1) is 19.8 Å². The van der Waals surface area contributed by atoms with E-state index in [0.29, 0.717) is 41.6 Å². The quantitative estimate of drug-likeness (QED) is 0.574. The Morgan fingerprint density at radius 2 is 1.88 bits per heavy atom. The van der Waals surface area contributed by atoms with Crippen LogP contribution in [0.4, 0.5) is 5.69 Å². The van der Waals surface area contributed by atoms with Crippen LogP contribution in [0.25, 0.3) is 10.9 Å². The number of likely N-dealkylation sites (tertiary alicyclic amines) is 1. The van der Waals surface area contributed by atoms with Gasteiger partial charge < -0.3 is 24.7 Å². The number of rotatable bonds is 7. The van der Waals surface area contributed by atoms with Crippen LogP contribution in [-0.2, 0) is 4.79 Å². The number of hydrogen-bond acceptors (Lipinski definition) is 4. The Kier molecular flexibility index (Phi) is 6.63. The fourth-order valence-electron chi connectivity index (χ4n) is 4.34. The number of carbonyl (C=O) groups is 2. The van der Waals surface area contributed by atoms with Crippen LogP contribution in [0, 0.1) is 5.92 Å². The number of ether oxygens (including phenoxy) is 2. The number of hydrogen-bond donors (Lipinski definition) is 2. The van der Waals surface area contributed by atoms with Gasteiger partial charge in [0.1, 0.15) is 11.5 Å². The van der Waals surface area contributed by atoms with Gasteiger partial charge in [0.25, 0.3) is 5.91 Å². The first-order valence-electron chi connectivity index (χ1n) is 11.0. The third-order valence-corrected chi connectivity index (χ3v) is 6.04. The SMILES string of the molecule is COc1cc(NC(=O)CC[C@@H]2CCCN(C(=O)c3c[nH]c4ccccc34)C2)cc(OC)c1. The number of para-hydroxylation sites is 1. The van der Waals surface area contributed by atoms with E-state index in [0.717, 1.165) is 36.7 Å². The molecule has 168 valence electrons. The van der Waals surface area contributed by atoms with Gasteiger partial charge in [0, 0.05) is 60.5 Å². The van der Waals surface area contributed by atoms with Crippen LogP contribution >= 0.6 is 0 Å². The topological polar surface area (TPSA) is 83.7 Å². The highest BCUT2D eigenvalue weighted by Gasteiger charge is 2.26. The van der Waals surface area contributed by atoms with Gasteiger partial charge in [0.2, 0.25) is 5.91 Å². The fraction of sp³-hybridized carbons (Fsp3) is 0.360. The molecule has 2 heterocycles. The maximum absolute atomic E-state index is 13.1. The average molecular weight is 436 g/mol. The standard InChI is InChI=1S/C25H29N3O4/c1-31-19-12-18(13-20(14-19)32-2)27-24(29)10-9-17-6-5-11-28(16-17)25(30)22-15-26-23-8-4-3-7-21(22)23/h3-4,7-8,12-15,17,26H,5-6,9-11,16H2,1-2H3,(H,27,29)/t17-/m0/s1. The molecule has 1 fully saturated rings. The van der Waals surface area contributed by atoms with Gasteiger partial charge in [0.15, 0.2) is 0 Å². The van der Waals surface area contributed by atoms with Crippen LogP contribution in [-0.4, -0.2) is 49.0 Å². The van der Waals surface area contributed by atoms with Crippen molar-refractivity contribution in [1.29, 1.82) is 0 Å². The molecule has 1 aliphatic rings. The van der Waals surface area contributed by atoms with Crippen molar-refractivity contribution in [2.24, 2.45) is 5.92 Å². The Hall–Kier alpha value is -3.48. The fourth-order valence-corrected chi connectivity index (χ4v) is 4.34. The Morgan fingerprint density at radius 3 is 2.62 bits per heavy atom. The van der Waals surface area contributed by atoms with Crippen molar-refractivity contribution in [3.8, 4) is 11.5 Å². The second kappa shape index (κ2) is 9.77. The van der Waals surface area contributed by atoms with E-state index in [4.69, 9.17) is 9.47 Å². The first kappa shape index (κ1) is 21.7. The van der Waals surface area contributed by atoms with Crippen LogP contribution in [0.15, 0.2) is 48.7 Å². The molecule has 1 aromatic heterocycles. The van der Waals surface area contributed by atoms with Crippen molar-refractivity contribution in [2.45, 2.75) is 25.7 Å². The number of amides is 2. The van der Waals surface area contributed by atoms with Crippen molar-refractivity contribution in [2.75, 3.05) is 32.6 Å². The van der Waals surface area contributed by atoms with Crippen LogP contribution in [0.2, 0.25) is 0 Å². The summed E-state index contributed by atoms with van der Waals surface area (Å²) in [6, 6.07) is 13.1. The molecule has 3 aromatic rings.